The summed E-state index contributed by atoms with van der Waals surface area (Å²) in [6, 6.07) is 7.36. The number of thioether (sulfide) groups is 1. The molecule has 4 nitrogen and oxygen atoms in total. The van der Waals surface area contributed by atoms with Crippen LogP contribution in [0.15, 0.2) is 41.2 Å². The number of hydrogen-bond donors (Lipinski definition) is 1. The molecule has 114 valence electrons. The highest BCUT2D eigenvalue weighted by Crippen LogP contribution is 2.35. The molecule has 2 aromatic rings. The maximum Gasteiger partial charge on any atom is 0.187 e. The molecule has 22 heavy (non-hydrogen) atoms. The summed E-state index contributed by atoms with van der Waals surface area (Å²) >= 11 is 3.19. The molecule has 6 heteroatoms. The van der Waals surface area contributed by atoms with Crippen LogP contribution in [0.4, 0.5) is 10.8 Å². The van der Waals surface area contributed by atoms with Crippen LogP contribution in [0.5, 0.6) is 0 Å². The van der Waals surface area contributed by atoms with Crippen molar-refractivity contribution >= 4 is 51.3 Å². The number of rotatable bonds is 6. The van der Waals surface area contributed by atoms with Gasteiger partial charge in [-0.05, 0) is 51.1 Å². The van der Waals surface area contributed by atoms with Crippen LogP contribution >= 0.6 is 23.1 Å². The van der Waals surface area contributed by atoms with Crippen molar-refractivity contribution in [3.63, 3.8) is 0 Å². The number of benzene rings is 1. The van der Waals surface area contributed by atoms with Gasteiger partial charge in [-0.2, -0.15) is 0 Å². The summed E-state index contributed by atoms with van der Waals surface area (Å²) in [7, 11) is 0. The van der Waals surface area contributed by atoms with Gasteiger partial charge < -0.3 is 5.32 Å². The van der Waals surface area contributed by atoms with Gasteiger partial charge >= 0.3 is 0 Å². The number of aliphatic imine (C=N–C) groups is 1. The second-order valence-corrected chi connectivity index (χ2v) is 6.41. The van der Waals surface area contributed by atoms with Crippen LogP contribution in [0.25, 0.3) is 4.91 Å². The molecule has 0 fully saturated rings. The van der Waals surface area contributed by atoms with Crippen molar-refractivity contribution in [1.29, 1.82) is 0 Å². The topological polar surface area (TPSA) is 54.4 Å². The van der Waals surface area contributed by atoms with E-state index < -0.39 is 0 Å². The van der Waals surface area contributed by atoms with E-state index in [4.69, 9.17) is 0 Å². The van der Waals surface area contributed by atoms with Crippen LogP contribution in [0.1, 0.15) is 29.1 Å². The lowest BCUT2D eigenvalue weighted by molar-refractivity contribution is 0.101. The minimum atomic E-state index is 0.0604. The highest BCUT2D eigenvalue weighted by atomic mass is 32.2. The van der Waals surface area contributed by atoms with Crippen LogP contribution in [-0.4, -0.2) is 23.7 Å². The molecule has 0 saturated heterocycles. The lowest BCUT2D eigenvalue weighted by atomic mass is 10.1. The van der Waals surface area contributed by atoms with Crippen molar-refractivity contribution in [2.45, 2.75) is 13.8 Å². The Kier molecular flexibility index (Phi) is 5.51. The summed E-state index contributed by atoms with van der Waals surface area (Å²) in [5.74, 6) is 0.0604. The van der Waals surface area contributed by atoms with Crippen molar-refractivity contribution in [2.75, 3.05) is 11.6 Å². The Labute approximate surface area is 138 Å². The first-order valence-electron chi connectivity index (χ1n) is 6.61. The zero-order valence-corrected chi connectivity index (χ0v) is 14.3. The lowest BCUT2D eigenvalue weighted by Crippen LogP contribution is -1.93. The highest BCUT2D eigenvalue weighted by Gasteiger charge is 2.09. The van der Waals surface area contributed by atoms with Gasteiger partial charge in [-0.1, -0.05) is 11.3 Å². The first kappa shape index (κ1) is 16.5. The van der Waals surface area contributed by atoms with Gasteiger partial charge in [0.05, 0.1) is 10.6 Å². The number of ketones is 1. The second-order valence-electron chi connectivity index (χ2n) is 4.56. The number of nitrogens with one attached hydrogen (secondary N) is 1. The smallest absolute Gasteiger partial charge is 0.187 e. The summed E-state index contributed by atoms with van der Waals surface area (Å²) in [5, 5.41) is 4.04. The predicted molar refractivity (Wildman–Crippen MR) is 97.5 cm³/mol. The third-order valence-corrected chi connectivity index (χ3v) is 5.03. The third kappa shape index (κ3) is 3.84. The Hall–Kier alpha value is -1.92. The summed E-state index contributed by atoms with van der Waals surface area (Å²) in [6.07, 6.45) is 3.84. The van der Waals surface area contributed by atoms with Gasteiger partial charge in [-0.15, -0.1) is 11.8 Å². The fourth-order valence-corrected chi connectivity index (χ4v) is 3.66. The molecule has 0 aliphatic rings. The molecule has 0 aliphatic heterocycles. The molecule has 0 radical (unpaired) electrons. The van der Waals surface area contributed by atoms with E-state index in [1.54, 1.807) is 42.2 Å². The zero-order valence-electron chi connectivity index (χ0n) is 12.7. The van der Waals surface area contributed by atoms with Gasteiger partial charge in [-0.25, -0.2) is 4.98 Å². The Balaban J connectivity index is 2.18. The van der Waals surface area contributed by atoms with Gasteiger partial charge in [-0.3, -0.25) is 9.79 Å². The summed E-state index contributed by atoms with van der Waals surface area (Å²) < 4.78 is 0. The Bertz CT molecular complexity index is 717. The monoisotopic (exact) mass is 331 g/mol. The summed E-state index contributed by atoms with van der Waals surface area (Å²) in [4.78, 5) is 21.8. The number of thiazole rings is 1. The first-order chi connectivity index (χ1) is 10.5. The number of carbonyl (C=O) groups is 1. The van der Waals surface area contributed by atoms with Crippen molar-refractivity contribution in [3.05, 3.63) is 46.6 Å². The van der Waals surface area contributed by atoms with Crippen LogP contribution in [0, 0.1) is 0 Å². The molecule has 2 rings (SSSR count). The van der Waals surface area contributed by atoms with Crippen molar-refractivity contribution in [1.82, 2.24) is 4.98 Å². The zero-order chi connectivity index (χ0) is 16.1. The standard InChI is InChI=1S/C16H17N3OS2/c1-10(17-3)15(21-4)14-9-18-16(22-14)19-13-7-5-12(6-8-13)11(2)20/h5-9H,3H2,1-2,4H3,(H,18,19)/b15-10-. The number of carbonyl (C=O) groups excluding carboxylic acids is 1. The molecule has 0 bridgehead atoms. The van der Waals surface area contributed by atoms with Crippen molar-refractivity contribution in [3.8, 4) is 0 Å². The molecular formula is C16H17N3OS2. The average molecular weight is 331 g/mol. The van der Waals surface area contributed by atoms with Gasteiger partial charge in [0.25, 0.3) is 0 Å². The molecule has 1 aromatic carbocycles. The fourth-order valence-electron chi connectivity index (χ4n) is 1.85. The van der Waals surface area contributed by atoms with Gasteiger partial charge in [0.15, 0.2) is 10.9 Å². The predicted octanol–water partition coefficient (Wildman–Crippen LogP) is 4.84. The Morgan fingerprint density at radius 2 is 2.00 bits per heavy atom. The van der Waals surface area contributed by atoms with E-state index in [0.29, 0.717) is 5.56 Å². The maximum absolute atomic E-state index is 11.3. The quantitative estimate of drug-likeness (QED) is 0.608. The molecule has 1 heterocycles. The molecule has 0 saturated carbocycles. The summed E-state index contributed by atoms with van der Waals surface area (Å²) in [6.45, 7) is 7.07. The lowest BCUT2D eigenvalue weighted by Gasteiger charge is -2.04. The largest absolute Gasteiger partial charge is 0.332 e. The molecule has 1 aromatic heterocycles. The Morgan fingerprint density at radius 1 is 1.32 bits per heavy atom. The minimum Gasteiger partial charge on any atom is -0.332 e. The van der Waals surface area contributed by atoms with E-state index in [-0.39, 0.29) is 5.78 Å². The van der Waals surface area contributed by atoms with Crippen LogP contribution in [0.3, 0.4) is 0 Å². The molecule has 0 aliphatic carbocycles. The van der Waals surface area contributed by atoms with Crippen LogP contribution in [0.2, 0.25) is 0 Å². The van der Waals surface area contributed by atoms with E-state index in [0.717, 1.165) is 26.3 Å². The Morgan fingerprint density at radius 3 is 2.55 bits per heavy atom. The minimum absolute atomic E-state index is 0.0604. The van der Waals surface area contributed by atoms with E-state index >= 15 is 0 Å². The number of Topliss-reactive ketones (excluding diaryl/α,β-unsaturated/α-hetero) is 1. The average Bonchev–Trinajstić information content (AvgIpc) is 2.96. The normalized spacial score (nSPS) is 11.8. The first-order valence-corrected chi connectivity index (χ1v) is 8.65. The molecule has 0 spiro atoms. The van der Waals surface area contributed by atoms with E-state index in [1.165, 1.54) is 0 Å². The van der Waals surface area contributed by atoms with Crippen LogP contribution < -0.4 is 5.32 Å². The van der Waals surface area contributed by atoms with E-state index in [9.17, 15) is 4.79 Å². The summed E-state index contributed by atoms with van der Waals surface area (Å²) in [5.41, 5.74) is 2.50. The molecule has 0 amide bonds. The highest BCUT2D eigenvalue weighted by molar-refractivity contribution is 8.07. The number of hydrogen-bond acceptors (Lipinski definition) is 6. The van der Waals surface area contributed by atoms with Gasteiger partial charge in [0.1, 0.15) is 0 Å². The van der Waals surface area contributed by atoms with Crippen molar-refractivity contribution < 1.29 is 4.79 Å². The SMILES string of the molecule is C=N/C(C)=C(\SC)c1cnc(Nc2ccc(C(C)=O)cc2)s1. The van der Waals surface area contributed by atoms with E-state index in [1.807, 2.05) is 31.5 Å². The van der Waals surface area contributed by atoms with Gasteiger partial charge in [0.2, 0.25) is 0 Å². The van der Waals surface area contributed by atoms with Crippen molar-refractivity contribution in [2.24, 2.45) is 4.99 Å². The third-order valence-electron chi connectivity index (χ3n) is 3.04. The van der Waals surface area contributed by atoms with Crippen LogP contribution in [-0.2, 0) is 0 Å². The molecule has 0 atom stereocenters. The maximum atomic E-state index is 11.3. The fraction of sp³-hybridized carbons (Fsp3) is 0.188. The number of nitrogens with zero attached hydrogens (tertiary/aromatic N) is 2. The number of allylic oxidation sites excluding steroid dienone is 1. The molecular weight excluding hydrogens is 314 g/mol. The second kappa shape index (κ2) is 7.38. The molecule has 1 N–H and O–H groups in total. The van der Waals surface area contributed by atoms with Gasteiger partial charge in [0, 0.05) is 22.4 Å². The number of anilines is 2. The number of aromatic nitrogens is 1. The molecule has 0 unspecified atom stereocenters. The van der Waals surface area contributed by atoms with E-state index in [2.05, 4.69) is 22.0 Å².